The van der Waals surface area contributed by atoms with E-state index < -0.39 is 17.9 Å². The summed E-state index contributed by atoms with van der Waals surface area (Å²) in [5, 5.41) is 5.13. The van der Waals surface area contributed by atoms with Crippen LogP contribution < -0.4 is 10.6 Å². The van der Waals surface area contributed by atoms with Crippen LogP contribution in [0.25, 0.3) is 0 Å². The van der Waals surface area contributed by atoms with Crippen molar-refractivity contribution in [2.45, 2.75) is 13.0 Å². The van der Waals surface area contributed by atoms with Gasteiger partial charge in [0.05, 0.1) is 12.7 Å². The van der Waals surface area contributed by atoms with Crippen LogP contribution in [0.5, 0.6) is 0 Å². The standard InChI is InChI=1S/C11H13N3O3S/c1-7(10(16)17-2)13-11(18)14-9(15)8-4-3-5-12-6-8/h3-7H,1-2H3,(H2,13,14,15,18)/t7-/m0/s1. The SMILES string of the molecule is COC(=O)[C@H](C)NC(=S)NC(=O)c1cccnc1. The molecule has 0 aliphatic rings. The lowest BCUT2D eigenvalue weighted by Crippen LogP contribution is -2.46. The predicted molar refractivity (Wildman–Crippen MR) is 68.9 cm³/mol. The molecule has 0 bridgehead atoms. The van der Waals surface area contributed by atoms with Crippen LogP contribution in [0.15, 0.2) is 24.5 Å². The molecule has 0 aliphatic heterocycles. The second kappa shape index (κ2) is 6.65. The second-order valence-corrected chi connectivity index (χ2v) is 3.82. The highest BCUT2D eigenvalue weighted by Crippen LogP contribution is 1.95. The summed E-state index contributed by atoms with van der Waals surface area (Å²) in [5.74, 6) is -0.856. The van der Waals surface area contributed by atoms with Crippen molar-refractivity contribution in [1.82, 2.24) is 15.6 Å². The predicted octanol–water partition coefficient (Wildman–Crippen LogP) is 0.247. The third-order valence-electron chi connectivity index (χ3n) is 2.05. The fourth-order valence-electron chi connectivity index (χ4n) is 1.14. The van der Waals surface area contributed by atoms with E-state index >= 15 is 0 Å². The smallest absolute Gasteiger partial charge is 0.328 e. The summed E-state index contributed by atoms with van der Waals surface area (Å²) in [5.41, 5.74) is 0.382. The van der Waals surface area contributed by atoms with Crippen LogP contribution in [0.4, 0.5) is 0 Å². The molecule has 1 atom stereocenters. The molecule has 6 nitrogen and oxygen atoms in total. The van der Waals surface area contributed by atoms with E-state index in [-0.39, 0.29) is 5.11 Å². The number of nitrogens with one attached hydrogen (secondary N) is 2. The lowest BCUT2D eigenvalue weighted by atomic mass is 10.3. The van der Waals surface area contributed by atoms with Gasteiger partial charge in [0.2, 0.25) is 0 Å². The number of amides is 1. The van der Waals surface area contributed by atoms with E-state index in [4.69, 9.17) is 12.2 Å². The summed E-state index contributed by atoms with van der Waals surface area (Å²) in [6.07, 6.45) is 2.98. The normalized spacial score (nSPS) is 11.2. The van der Waals surface area contributed by atoms with Crippen molar-refractivity contribution in [1.29, 1.82) is 0 Å². The number of thiocarbonyl (C=S) groups is 1. The van der Waals surface area contributed by atoms with Gasteiger partial charge in [-0.25, -0.2) is 4.79 Å². The first-order valence-corrected chi connectivity index (χ1v) is 5.55. The molecule has 18 heavy (non-hydrogen) atoms. The highest BCUT2D eigenvalue weighted by Gasteiger charge is 2.15. The second-order valence-electron chi connectivity index (χ2n) is 3.41. The molecule has 0 aromatic carbocycles. The van der Waals surface area contributed by atoms with Gasteiger partial charge in [-0.2, -0.15) is 0 Å². The molecule has 2 N–H and O–H groups in total. The maximum absolute atomic E-state index is 11.7. The molecule has 0 saturated carbocycles. The van der Waals surface area contributed by atoms with Gasteiger partial charge in [0, 0.05) is 12.4 Å². The van der Waals surface area contributed by atoms with Gasteiger partial charge in [-0.15, -0.1) is 0 Å². The average Bonchev–Trinajstić information content (AvgIpc) is 2.38. The molecule has 1 heterocycles. The molecule has 96 valence electrons. The first kappa shape index (κ1) is 14.0. The molecular formula is C11H13N3O3S. The first-order chi connectivity index (χ1) is 8.54. The van der Waals surface area contributed by atoms with E-state index in [1.807, 2.05) is 0 Å². The molecular weight excluding hydrogens is 254 g/mol. The third-order valence-corrected chi connectivity index (χ3v) is 2.27. The number of esters is 1. The zero-order valence-electron chi connectivity index (χ0n) is 9.97. The van der Waals surface area contributed by atoms with Crippen LogP contribution in [0, 0.1) is 0 Å². The van der Waals surface area contributed by atoms with Crippen LogP contribution in [-0.2, 0) is 9.53 Å². The van der Waals surface area contributed by atoms with Crippen LogP contribution in [0.2, 0.25) is 0 Å². The van der Waals surface area contributed by atoms with Crippen molar-refractivity contribution in [2.24, 2.45) is 0 Å². The average molecular weight is 267 g/mol. The Labute approximate surface area is 110 Å². The largest absolute Gasteiger partial charge is 0.467 e. The molecule has 0 saturated heterocycles. The van der Waals surface area contributed by atoms with Crippen molar-refractivity contribution in [3.63, 3.8) is 0 Å². The quantitative estimate of drug-likeness (QED) is 0.603. The number of rotatable bonds is 3. The topological polar surface area (TPSA) is 80.3 Å². The number of carbonyl (C=O) groups is 2. The van der Waals surface area contributed by atoms with E-state index in [9.17, 15) is 9.59 Å². The molecule has 1 amide bonds. The Bertz CT molecular complexity index is 450. The van der Waals surface area contributed by atoms with E-state index in [0.717, 1.165) is 0 Å². The number of methoxy groups -OCH3 is 1. The highest BCUT2D eigenvalue weighted by molar-refractivity contribution is 7.80. The lowest BCUT2D eigenvalue weighted by Gasteiger charge is -2.14. The minimum absolute atomic E-state index is 0.0572. The molecule has 0 spiro atoms. The van der Waals surface area contributed by atoms with Gasteiger partial charge >= 0.3 is 5.97 Å². The Balaban J connectivity index is 2.51. The number of nitrogens with zero attached hydrogens (tertiary/aromatic N) is 1. The Hall–Kier alpha value is -2.02. The summed E-state index contributed by atoms with van der Waals surface area (Å²) < 4.78 is 4.52. The van der Waals surface area contributed by atoms with Crippen molar-refractivity contribution in [3.8, 4) is 0 Å². The van der Waals surface area contributed by atoms with Gasteiger partial charge in [0.15, 0.2) is 5.11 Å². The Morgan fingerprint density at radius 1 is 1.50 bits per heavy atom. The zero-order valence-corrected chi connectivity index (χ0v) is 10.8. The Morgan fingerprint density at radius 2 is 2.22 bits per heavy atom. The summed E-state index contributed by atoms with van der Waals surface area (Å²) in [4.78, 5) is 26.6. The number of pyridine rings is 1. The Morgan fingerprint density at radius 3 is 2.78 bits per heavy atom. The molecule has 7 heteroatoms. The van der Waals surface area contributed by atoms with Crippen LogP contribution in [0.3, 0.4) is 0 Å². The molecule has 0 radical (unpaired) electrons. The number of hydrogen-bond acceptors (Lipinski definition) is 5. The monoisotopic (exact) mass is 267 g/mol. The van der Waals surface area contributed by atoms with Gasteiger partial charge in [0.1, 0.15) is 6.04 Å². The lowest BCUT2D eigenvalue weighted by molar-refractivity contribution is -0.142. The fourth-order valence-corrected chi connectivity index (χ4v) is 1.41. The summed E-state index contributed by atoms with van der Waals surface area (Å²) in [6.45, 7) is 1.58. The summed E-state index contributed by atoms with van der Waals surface area (Å²) >= 11 is 4.90. The van der Waals surface area contributed by atoms with Crippen LogP contribution in [-0.4, -0.2) is 35.1 Å². The van der Waals surface area contributed by atoms with E-state index in [1.54, 1.807) is 25.3 Å². The van der Waals surface area contributed by atoms with Crippen molar-refractivity contribution in [3.05, 3.63) is 30.1 Å². The highest BCUT2D eigenvalue weighted by atomic mass is 32.1. The van der Waals surface area contributed by atoms with Gasteiger partial charge in [-0.05, 0) is 31.3 Å². The zero-order chi connectivity index (χ0) is 13.5. The maximum atomic E-state index is 11.7. The van der Waals surface area contributed by atoms with E-state index in [1.165, 1.54) is 13.3 Å². The molecule has 0 aliphatic carbocycles. The van der Waals surface area contributed by atoms with Gasteiger partial charge in [0.25, 0.3) is 5.91 Å². The Kier molecular flexibility index (Phi) is 5.19. The minimum Gasteiger partial charge on any atom is -0.467 e. The molecule has 0 unspecified atom stereocenters. The van der Waals surface area contributed by atoms with E-state index in [0.29, 0.717) is 5.56 Å². The molecule has 0 fully saturated rings. The van der Waals surface area contributed by atoms with Gasteiger partial charge < -0.3 is 10.1 Å². The van der Waals surface area contributed by atoms with Crippen molar-refractivity contribution in [2.75, 3.05) is 7.11 Å². The van der Waals surface area contributed by atoms with E-state index in [2.05, 4.69) is 20.4 Å². The van der Waals surface area contributed by atoms with Gasteiger partial charge in [-0.1, -0.05) is 0 Å². The number of aromatic nitrogens is 1. The number of carbonyl (C=O) groups excluding carboxylic acids is 2. The van der Waals surface area contributed by atoms with Crippen LogP contribution in [0.1, 0.15) is 17.3 Å². The molecule has 1 aromatic rings. The number of hydrogen-bond donors (Lipinski definition) is 2. The minimum atomic E-state index is -0.628. The number of ether oxygens (including phenoxy) is 1. The third kappa shape index (κ3) is 4.10. The molecule has 1 rings (SSSR count). The van der Waals surface area contributed by atoms with Crippen molar-refractivity contribution >= 4 is 29.2 Å². The molecule has 1 aromatic heterocycles. The van der Waals surface area contributed by atoms with Gasteiger partial charge in [-0.3, -0.25) is 15.1 Å². The summed E-state index contributed by atoms with van der Waals surface area (Å²) in [7, 11) is 1.28. The first-order valence-electron chi connectivity index (χ1n) is 5.14. The maximum Gasteiger partial charge on any atom is 0.328 e. The van der Waals surface area contributed by atoms with Crippen LogP contribution >= 0.6 is 12.2 Å². The summed E-state index contributed by atoms with van der Waals surface area (Å²) in [6, 6.07) is 2.62. The van der Waals surface area contributed by atoms with Crippen molar-refractivity contribution < 1.29 is 14.3 Å². The fraction of sp³-hybridized carbons (Fsp3) is 0.273.